The Morgan fingerprint density at radius 2 is 1.04 bits per heavy atom. The molecule has 0 aromatic rings. The molecule has 56 heavy (non-hydrogen) atoms. The largest absolute Gasteiger partial charge is 0.472 e. The molecule has 0 saturated carbocycles. The summed E-state index contributed by atoms with van der Waals surface area (Å²) in [5, 5.41) is 0. The molecular weight excluding hydrogens is 721 g/mol. The van der Waals surface area contributed by atoms with Crippen LogP contribution in [0.15, 0.2) is 85.1 Å². The number of hydrogen-bond acceptors (Lipinski definition) is 6. The van der Waals surface area contributed by atoms with Gasteiger partial charge in [0.2, 0.25) is 0 Å². The van der Waals surface area contributed by atoms with Crippen molar-refractivity contribution < 1.29 is 37.3 Å². The number of nitrogens with zero attached hydrogens (tertiary/aromatic N) is 1. The number of hydrogen-bond donors (Lipinski definition) is 1. The van der Waals surface area contributed by atoms with Crippen LogP contribution in [0.5, 0.6) is 0 Å². The lowest BCUT2D eigenvalue weighted by Gasteiger charge is -2.24. The number of rotatable bonds is 39. The topological polar surface area (TPSA) is 91.3 Å². The molecule has 0 rings (SSSR count). The Hall–Kier alpha value is -2.32. The van der Waals surface area contributed by atoms with Crippen LogP contribution in [0.3, 0.4) is 0 Å². The first-order chi connectivity index (χ1) is 27.1. The van der Waals surface area contributed by atoms with Gasteiger partial charge in [-0.1, -0.05) is 150 Å². The van der Waals surface area contributed by atoms with Crippen molar-refractivity contribution in [1.29, 1.82) is 0 Å². The van der Waals surface area contributed by atoms with Crippen LogP contribution in [-0.4, -0.2) is 75.6 Å². The van der Waals surface area contributed by atoms with Gasteiger partial charge in [-0.3, -0.25) is 13.8 Å². The van der Waals surface area contributed by atoms with Crippen molar-refractivity contribution >= 4 is 13.8 Å². The van der Waals surface area contributed by atoms with Crippen molar-refractivity contribution in [2.24, 2.45) is 0 Å². The van der Waals surface area contributed by atoms with E-state index in [1.165, 1.54) is 57.8 Å². The number of quaternary nitrogens is 1. The maximum atomic E-state index is 12.7. The molecule has 0 aromatic carbocycles. The van der Waals surface area contributed by atoms with Crippen LogP contribution < -0.4 is 0 Å². The Balaban J connectivity index is 4.38. The fourth-order valence-corrected chi connectivity index (χ4v) is 6.09. The molecule has 2 atom stereocenters. The summed E-state index contributed by atoms with van der Waals surface area (Å²) >= 11 is 0. The smallest absolute Gasteiger partial charge is 0.457 e. The minimum Gasteiger partial charge on any atom is -0.457 e. The molecule has 0 amide bonds. The van der Waals surface area contributed by atoms with Gasteiger partial charge in [0.1, 0.15) is 19.3 Å². The van der Waals surface area contributed by atoms with Gasteiger partial charge in [-0.25, -0.2) is 4.57 Å². The predicted octanol–water partition coefficient (Wildman–Crippen LogP) is 12.9. The maximum absolute atomic E-state index is 12.7. The molecule has 0 spiro atoms. The van der Waals surface area contributed by atoms with E-state index in [0.29, 0.717) is 30.5 Å². The first-order valence-electron chi connectivity index (χ1n) is 21.8. The van der Waals surface area contributed by atoms with E-state index in [-0.39, 0.29) is 25.8 Å². The van der Waals surface area contributed by atoms with Gasteiger partial charge in [0.25, 0.3) is 0 Å². The SMILES string of the molecule is CC/C=C\C/C=C\C/C=C\C/C=C\C/C=C\CCOCC(COP(=O)(O)OCC[N+](C)(C)C)OC(=O)CCCCCCCCC/C=C\C/C=C\CCCCCC. The van der Waals surface area contributed by atoms with Crippen LogP contribution in [-0.2, 0) is 27.9 Å². The Kier molecular flexibility index (Phi) is 37.9. The summed E-state index contributed by atoms with van der Waals surface area (Å²) in [7, 11) is 1.60. The summed E-state index contributed by atoms with van der Waals surface area (Å²) in [6.07, 6.45) is 52.1. The van der Waals surface area contributed by atoms with E-state index in [2.05, 4.69) is 98.9 Å². The second-order valence-electron chi connectivity index (χ2n) is 15.3. The number of carbonyl (C=O) groups excluding carboxylic acids is 1. The normalized spacial score (nSPS) is 14.6. The van der Waals surface area contributed by atoms with E-state index in [1.807, 2.05) is 21.1 Å². The summed E-state index contributed by atoms with van der Waals surface area (Å²) in [4.78, 5) is 22.9. The number of unbranched alkanes of at least 4 members (excludes halogenated alkanes) is 11. The van der Waals surface area contributed by atoms with E-state index in [4.69, 9.17) is 18.5 Å². The van der Waals surface area contributed by atoms with E-state index in [9.17, 15) is 14.3 Å². The minimum atomic E-state index is -4.30. The van der Waals surface area contributed by atoms with E-state index >= 15 is 0 Å². The molecule has 1 N–H and O–H groups in total. The Morgan fingerprint density at radius 1 is 0.571 bits per heavy atom. The van der Waals surface area contributed by atoms with Gasteiger partial charge >= 0.3 is 13.8 Å². The molecule has 0 aliphatic carbocycles. The molecular formula is C47H83NO7P+. The average Bonchev–Trinajstić information content (AvgIpc) is 3.15. The quantitative estimate of drug-likeness (QED) is 0.0217. The van der Waals surface area contributed by atoms with Crippen LogP contribution in [0.25, 0.3) is 0 Å². The molecule has 0 aliphatic rings. The highest BCUT2D eigenvalue weighted by Crippen LogP contribution is 2.43. The number of carbonyl (C=O) groups is 1. The molecule has 8 nitrogen and oxygen atoms in total. The second-order valence-corrected chi connectivity index (χ2v) is 16.8. The maximum Gasteiger partial charge on any atom is 0.472 e. The highest BCUT2D eigenvalue weighted by molar-refractivity contribution is 7.47. The van der Waals surface area contributed by atoms with Crippen molar-refractivity contribution in [3.63, 3.8) is 0 Å². The number of ether oxygens (including phenoxy) is 2. The van der Waals surface area contributed by atoms with Gasteiger partial charge in [0.15, 0.2) is 0 Å². The molecule has 0 heterocycles. The summed E-state index contributed by atoms with van der Waals surface area (Å²) < 4.78 is 34.8. The zero-order chi connectivity index (χ0) is 41.3. The van der Waals surface area contributed by atoms with Gasteiger partial charge in [0, 0.05) is 6.42 Å². The van der Waals surface area contributed by atoms with Gasteiger partial charge < -0.3 is 18.9 Å². The molecule has 322 valence electrons. The van der Waals surface area contributed by atoms with Crippen molar-refractivity contribution in [2.45, 2.75) is 155 Å². The summed E-state index contributed by atoms with van der Waals surface area (Å²) in [6, 6.07) is 0. The molecule has 0 aliphatic heterocycles. The highest BCUT2D eigenvalue weighted by atomic mass is 31.2. The van der Waals surface area contributed by atoms with Crippen molar-refractivity contribution in [3.05, 3.63) is 85.1 Å². The molecule has 0 saturated heterocycles. The van der Waals surface area contributed by atoms with Crippen molar-refractivity contribution in [2.75, 3.05) is 54.1 Å². The fraction of sp³-hybridized carbons (Fsp3) is 0.681. The van der Waals surface area contributed by atoms with Crippen LogP contribution in [0.1, 0.15) is 149 Å². The lowest BCUT2D eigenvalue weighted by molar-refractivity contribution is -0.870. The standard InChI is InChI=1S/C47H82NO7P/c1-6-8-10-12-14-16-18-20-22-24-25-26-28-30-32-34-36-38-40-47(49)55-46(45-54-56(50,51)53-43-41-48(3,4)5)44-52-42-39-37-35-33-31-29-27-23-21-19-17-15-13-11-9-7-2/h9,11,15-18,21-24,29,31,35,37,46H,6-8,10,12-14,19-20,25-28,30,32-34,36,38-45H2,1-5H3/p+1/b11-9-,17-15-,18-16-,23-21-,24-22-,31-29-,37-35-. The fourth-order valence-electron chi connectivity index (χ4n) is 5.35. The molecule has 0 radical (unpaired) electrons. The van der Waals surface area contributed by atoms with Crippen molar-refractivity contribution in [1.82, 2.24) is 0 Å². The number of allylic oxidation sites excluding steroid dienone is 13. The zero-order valence-corrected chi connectivity index (χ0v) is 37.2. The summed E-state index contributed by atoms with van der Waals surface area (Å²) in [5.41, 5.74) is 0. The first kappa shape index (κ1) is 53.7. The number of likely N-dealkylation sites (N-methyl/N-ethyl adjacent to an activating group) is 1. The number of esters is 1. The monoisotopic (exact) mass is 805 g/mol. The zero-order valence-electron chi connectivity index (χ0n) is 36.3. The summed E-state index contributed by atoms with van der Waals surface area (Å²) in [6.45, 7) is 5.23. The van der Waals surface area contributed by atoms with Crippen LogP contribution in [0.2, 0.25) is 0 Å². The van der Waals surface area contributed by atoms with Gasteiger partial charge in [-0.15, -0.1) is 0 Å². The van der Waals surface area contributed by atoms with Gasteiger partial charge in [-0.05, 0) is 77.0 Å². The Labute approximate surface area is 344 Å². The second kappa shape index (κ2) is 39.5. The Morgan fingerprint density at radius 3 is 1.55 bits per heavy atom. The third-order valence-corrected chi connectivity index (χ3v) is 9.69. The Bertz CT molecular complexity index is 1170. The molecule has 0 aromatic heterocycles. The summed E-state index contributed by atoms with van der Waals surface area (Å²) in [5.74, 6) is -0.350. The van der Waals surface area contributed by atoms with Crippen LogP contribution in [0.4, 0.5) is 0 Å². The molecule has 9 heteroatoms. The lowest BCUT2D eigenvalue weighted by Crippen LogP contribution is -2.37. The lowest BCUT2D eigenvalue weighted by atomic mass is 10.1. The first-order valence-corrected chi connectivity index (χ1v) is 23.3. The van der Waals surface area contributed by atoms with Gasteiger partial charge in [0.05, 0.1) is 41.0 Å². The van der Waals surface area contributed by atoms with E-state index in [1.54, 1.807) is 0 Å². The number of phosphoric acid groups is 1. The van der Waals surface area contributed by atoms with E-state index in [0.717, 1.165) is 64.2 Å². The van der Waals surface area contributed by atoms with Crippen LogP contribution in [0, 0.1) is 0 Å². The van der Waals surface area contributed by atoms with Crippen molar-refractivity contribution in [3.8, 4) is 0 Å². The average molecular weight is 805 g/mol. The third kappa shape index (κ3) is 42.8. The predicted molar refractivity (Wildman–Crippen MR) is 238 cm³/mol. The number of phosphoric ester groups is 1. The van der Waals surface area contributed by atoms with Crippen LogP contribution >= 0.6 is 7.82 Å². The molecule has 0 bridgehead atoms. The molecule has 0 fully saturated rings. The van der Waals surface area contributed by atoms with E-state index < -0.39 is 13.9 Å². The minimum absolute atomic E-state index is 0.0691. The third-order valence-electron chi connectivity index (χ3n) is 8.71. The highest BCUT2D eigenvalue weighted by Gasteiger charge is 2.26. The van der Waals surface area contributed by atoms with Gasteiger partial charge in [-0.2, -0.15) is 0 Å². The molecule has 2 unspecified atom stereocenters.